The first-order chi connectivity index (χ1) is 33.0. The smallest absolute Gasteiger partial charge is 0.306 e. The lowest BCUT2D eigenvalue weighted by molar-refractivity contribution is -0.167. The highest BCUT2D eigenvalue weighted by molar-refractivity contribution is 5.71. The number of hydrogen-bond donors (Lipinski definition) is 0. The second-order valence-corrected chi connectivity index (χ2v) is 19.9. The molecule has 0 bridgehead atoms. The van der Waals surface area contributed by atoms with E-state index in [9.17, 15) is 14.4 Å². The zero-order chi connectivity index (χ0) is 48.6. The summed E-state index contributed by atoms with van der Waals surface area (Å²) < 4.78 is 16.8. The van der Waals surface area contributed by atoms with Gasteiger partial charge in [0.15, 0.2) is 6.10 Å². The molecule has 0 aliphatic rings. The van der Waals surface area contributed by atoms with Crippen LogP contribution in [0.15, 0.2) is 36.5 Å². The topological polar surface area (TPSA) is 78.9 Å². The van der Waals surface area contributed by atoms with E-state index in [1.54, 1.807) is 0 Å². The molecule has 0 spiro atoms. The minimum atomic E-state index is -0.772. The Labute approximate surface area is 416 Å². The van der Waals surface area contributed by atoms with Crippen molar-refractivity contribution in [3.8, 4) is 0 Å². The van der Waals surface area contributed by atoms with Crippen LogP contribution >= 0.6 is 0 Å². The fourth-order valence-electron chi connectivity index (χ4n) is 8.69. The van der Waals surface area contributed by atoms with Crippen LogP contribution in [0, 0.1) is 0 Å². The Bertz CT molecular complexity index is 1130. The molecule has 6 heteroatoms. The van der Waals surface area contributed by atoms with Gasteiger partial charge in [0.05, 0.1) is 0 Å². The minimum absolute atomic E-state index is 0.0721. The summed E-state index contributed by atoms with van der Waals surface area (Å²) in [7, 11) is 0. The van der Waals surface area contributed by atoms with Crippen molar-refractivity contribution in [1.29, 1.82) is 0 Å². The second-order valence-electron chi connectivity index (χ2n) is 19.9. The van der Waals surface area contributed by atoms with E-state index in [0.29, 0.717) is 19.3 Å². The van der Waals surface area contributed by atoms with Crippen LogP contribution < -0.4 is 0 Å². The molecule has 0 aliphatic carbocycles. The van der Waals surface area contributed by atoms with Crippen LogP contribution in [-0.2, 0) is 28.6 Å². The molecule has 0 aromatic carbocycles. The van der Waals surface area contributed by atoms with Gasteiger partial charge in [-0.15, -0.1) is 0 Å². The van der Waals surface area contributed by atoms with Gasteiger partial charge in [-0.1, -0.05) is 276 Å². The molecule has 67 heavy (non-hydrogen) atoms. The number of unbranched alkanes of at least 4 members (excludes halogenated alkanes) is 37. The van der Waals surface area contributed by atoms with Crippen LogP contribution in [0.1, 0.15) is 316 Å². The van der Waals surface area contributed by atoms with Gasteiger partial charge >= 0.3 is 17.9 Å². The van der Waals surface area contributed by atoms with Gasteiger partial charge in [-0.2, -0.15) is 0 Å². The standard InChI is InChI=1S/C61H112O6/c1-4-7-10-13-16-19-21-23-25-27-29-30-32-33-35-37-39-42-45-48-51-54-60(63)66-57-58(56-65-59(62)53-50-47-44-41-18-15-12-9-6-3)67-61(64)55-52-49-46-43-40-38-36-34-31-28-26-24-22-20-17-14-11-8-5-2/h21,23,27,29,32-33,58H,4-20,22,24-26,28,30-31,34-57H2,1-3H3/b23-21-,29-27-,33-32-. The van der Waals surface area contributed by atoms with Crippen LogP contribution in [0.2, 0.25) is 0 Å². The predicted octanol–water partition coefficient (Wildman–Crippen LogP) is 19.7. The summed E-state index contributed by atoms with van der Waals surface area (Å²) in [5.41, 5.74) is 0. The number of ether oxygens (including phenoxy) is 3. The Kier molecular flexibility index (Phi) is 54.2. The van der Waals surface area contributed by atoms with Crippen LogP contribution in [-0.4, -0.2) is 37.2 Å². The van der Waals surface area contributed by atoms with Crippen molar-refractivity contribution in [2.45, 2.75) is 322 Å². The number of hydrogen-bond acceptors (Lipinski definition) is 6. The average molecular weight is 942 g/mol. The van der Waals surface area contributed by atoms with Crippen molar-refractivity contribution in [3.63, 3.8) is 0 Å². The van der Waals surface area contributed by atoms with Crippen molar-refractivity contribution in [2.75, 3.05) is 13.2 Å². The molecule has 1 unspecified atom stereocenters. The first-order valence-corrected chi connectivity index (χ1v) is 29.5. The van der Waals surface area contributed by atoms with Gasteiger partial charge in [0.1, 0.15) is 13.2 Å². The van der Waals surface area contributed by atoms with Crippen molar-refractivity contribution >= 4 is 17.9 Å². The summed E-state index contributed by atoms with van der Waals surface area (Å²) in [5.74, 6) is -0.869. The van der Waals surface area contributed by atoms with Gasteiger partial charge in [-0.05, 0) is 57.8 Å². The van der Waals surface area contributed by atoms with E-state index >= 15 is 0 Å². The summed E-state index contributed by atoms with van der Waals surface area (Å²) in [6.07, 6.45) is 67.2. The number of esters is 3. The lowest BCUT2D eigenvalue weighted by Gasteiger charge is -2.18. The molecular weight excluding hydrogens is 829 g/mol. The van der Waals surface area contributed by atoms with E-state index in [1.807, 2.05) is 0 Å². The van der Waals surface area contributed by atoms with Crippen LogP contribution in [0.5, 0.6) is 0 Å². The third-order valence-electron chi connectivity index (χ3n) is 13.1. The number of allylic oxidation sites excluding steroid dienone is 6. The molecule has 0 aromatic heterocycles. The molecule has 0 N–H and O–H groups in total. The highest BCUT2D eigenvalue weighted by Gasteiger charge is 2.19. The zero-order valence-corrected chi connectivity index (χ0v) is 44.9. The molecule has 0 aromatic rings. The molecule has 0 saturated heterocycles. The predicted molar refractivity (Wildman–Crippen MR) is 289 cm³/mol. The van der Waals surface area contributed by atoms with E-state index in [0.717, 1.165) is 77.0 Å². The van der Waals surface area contributed by atoms with Crippen molar-refractivity contribution in [1.82, 2.24) is 0 Å². The zero-order valence-electron chi connectivity index (χ0n) is 44.9. The van der Waals surface area contributed by atoms with Crippen LogP contribution in [0.3, 0.4) is 0 Å². The Morgan fingerprint density at radius 3 is 0.836 bits per heavy atom. The monoisotopic (exact) mass is 941 g/mol. The lowest BCUT2D eigenvalue weighted by atomic mass is 10.0. The van der Waals surface area contributed by atoms with Gasteiger partial charge in [0, 0.05) is 19.3 Å². The third kappa shape index (κ3) is 54.4. The average Bonchev–Trinajstić information content (AvgIpc) is 3.33. The Morgan fingerprint density at radius 2 is 0.537 bits per heavy atom. The Balaban J connectivity index is 4.26. The van der Waals surface area contributed by atoms with Gasteiger partial charge in [-0.3, -0.25) is 14.4 Å². The van der Waals surface area contributed by atoms with Gasteiger partial charge < -0.3 is 14.2 Å². The molecule has 1 atom stereocenters. The van der Waals surface area contributed by atoms with E-state index in [2.05, 4.69) is 57.2 Å². The summed E-state index contributed by atoms with van der Waals surface area (Å²) in [6, 6.07) is 0. The van der Waals surface area contributed by atoms with E-state index in [4.69, 9.17) is 14.2 Å². The highest BCUT2D eigenvalue weighted by Crippen LogP contribution is 2.17. The molecule has 0 saturated carbocycles. The Morgan fingerprint density at radius 1 is 0.299 bits per heavy atom. The minimum Gasteiger partial charge on any atom is -0.462 e. The van der Waals surface area contributed by atoms with Gasteiger partial charge in [-0.25, -0.2) is 0 Å². The van der Waals surface area contributed by atoms with E-state index in [-0.39, 0.29) is 31.1 Å². The molecular formula is C61H112O6. The van der Waals surface area contributed by atoms with Crippen LogP contribution in [0.4, 0.5) is 0 Å². The molecule has 0 amide bonds. The summed E-state index contributed by atoms with van der Waals surface area (Å²) in [4.78, 5) is 38.1. The molecule has 0 aliphatic heterocycles. The fourth-order valence-corrected chi connectivity index (χ4v) is 8.69. The normalized spacial score (nSPS) is 12.2. The number of carbonyl (C=O) groups is 3. The highest BCUT2D eigenvalue weighted by atomic mass is 16.6. The van der Waals surface area contributed by atoms with Crippen LogP contribution in [0.25, 0.3) is 0 Å². The number of carbonyl (C=O) groups excluding carboxylic acids is 3. The van der Waals surface area contributed by atoms with Crippen molar-refractivity contribution < 1.29 is 28.6 Å². The van der Waals surface area contributed by atoms with E-state index < -0.39 is 6.10 Å². The lowest BCUT2D eigenvalue weighted by Crippen LogP contribution is -2.30. The maximum Gasteiger partial charge on any atom is 0.306 e. The van der Waals surface area contributed by atoms with Crippen molar-refractivity contribution in [3.05, 3.63) is 36.5 Å². The first kappa shape index (κ1) is 64.6. The quantitative estimate of drug-likeness (QED) is 0.0262. The van der Waals surface area contributed by atoms with E-state index in [1.165, 1.54) is 199 Å². The van der Waals surface area contributed by atoms with Gasteiger partial charge in [0.25, 0.3) is 0 Å². The van der Waals surface area contributed by atoms with Crippen molar-refractivity contribution in [2.24, 2.45) is 0 Å². The third-order valence-corrected chi connectivity index (χ3v) is 13.1. The molecule has 0 radical (unpaired) electrons. The largest absolute Gasteiger partial charge is 0.462 e. The second kappa shape index (κ2) is 56.2. The van der Waals surface area contributed by atoms with Gasteiger partial charge in [0.2, 0.25) is 0 Å². The summed E-state index contributed by atoms with van der Waals surface area (Å²) in [5, 5.41) is 0. The Hall–Kier alpha value is -2.37. The number of rotatable bonds is 54. The maximum absolute atomic E-state index is 12.8. The molecule has 392 valence electrons. The SMILES string of the molecule is CCCCCCC/C=C\C/C=C\C/C=C\CCCCCCCCC(=O)OCC(COC(=O)CCCCCCCCCCC)OC(=O)CCCCCCCCCCCCCCCCCCCCC. The first-order valence-electron chi connectivity index (χ1n) is 29.5. The molecule has 0 rings (SSSR count). The summed E-state index contributed by atoms with van der Waals surface area (Å²) >= 11 is 0. The molecule has 0 heterocycles. The fraction of sp³-hybridized carbons (Fsp3) is 0.852. The maximum atomic E-state index is 12.8. The molecule has 0 fully saturated rings. The molecule has 6 nitrogen and oxygen atoms in total. The summed E-state index contributed by atoms with van der Waals surface area (Å²) in [6.45, 7) is 6.64.